The van der Waals surface area contributed by atoms with E-state index < -0.39 is 0 Å². The minimum absolute atomic E-state index is 0.902. The largest absolute Gasteiger partial charge is 0.379 e. The average molecular weight is 169 g/mol. The van der Waals surface area contributed by atoms with E-state index in [1.807, 2.05) is 0 Å². The molecular formula is C10H19NO. The molecule has 2 heteroatoms. The topological polar surface area (TPSA) is 12.5 Å². The normalized spacial score (nSPS) is 21.3. The lowest BCUT2D eigenvalue weighted by atomic mass is 10.2. The average Bonchev–Trinajstić information content (AvgIpc) is 2.16. The highest BCUT2D eigenvalue weighted by atomic mass is 16.5. The Morgan fingerprint density at radius 1 is 1.42 bits per heavy atom. The Hall–Kier alpha value is -0.340. The molecule has 0 spiro atoms. The predicted octanol–water partition coefficient (Wildman–Crippen LogP) is 1.67. The molecule has 1 aliphatic heterocycles. The summed E-state index contributed by atoms with van der Waals surface area (Å²) in [4.78, 5) is 2.43. The van der Waals surface area contributed by atoms with Crippen molar-refractivity contribution in [1.29, 1.82) is 0 Å². The fourth-order valence-electron chi connectivity index (χ4n) is 1.21. The molecule has 70 valence electrons. The van der Waals surface area contributed by atoms with Crippen LogP contribution in [0.5, 0.6) is 0 Å². The number of hydrogen-bond acceptors (Lipinski definition) is 2. The van der Waals surface area contributed by atoms with Gasteiger partial charge in [0.05, 0.1) is 13.2 Å². The molecule has 0 unspecified atom stereocenters. The van der Waals surface area contributed by atoms with Gasteiger partial charge in [-0.1, -0.05) is 18.6 Å². The Balaban J connectivity index is 2.21. The lowest BCUT2D eigenvalue weighted by molar-refractivity contribution is 0.0433. The van der Waals surface area contributed by atoms with Crippen LogP contribution in [0.3, 0.4) is 0 Å². The molecule has 12 heavy (non-hydrogen) atoms. The second kappa shape index (κ2) is 5.33. The Bertz CT molecular complexity index is 148. The van der Waals surface area contributed by atoms with E-state index in [9.17, 15) is 0 Å². The van der Waals surface area contributed by atoms with Crippen molar-refractivity contribution in [1.82, 2.24) is 4.90 Å². The first-order chi connectivity index (χ1) is 5.83. The fraction of sp³-hybridized carbons (Fsp3) is 0.800. The molecule has 0 saturated carbocycles. The van der Waals surface area contributed by atoms with E-state index in [1.165, 1.54) is 12.0 Å². The van der Waals surface area contributed by atoms with Crippen LogP contribution in [0.2, 0.25) is 0 Å². The second-order valence-electron chi connectivity index (χ2n) is 3.32. The molecule has 0 amide bonds. The lowest BCUT2D eigenvalue weighted by Crippen LogP contribution is -2.36. The fourth-order valence-corrected chi connectivity index (χ4v) is 1.21. The number of ether oxygens (including phenoxy) is 1. The standard InChI is InChI=1S/C10H19NO/c1-3-10(2)4-5-11-6-8-12-9-7-11/h4H,3,5-9H2,1-2H3. The maximum atomic E-state index is 5.27. The highest BCUT2D eigenvalue weighted by Crippen LogP contribution is 2.01. The Morgan fingerprint density at radius 2 is 2.08 bits per heavy atom. The van der Waals surface area contributed by atoms with E-state index in [2.05, 4.69) is 24.8 Å². The van der Waals surface area contributed by atoms with Gasteiger partial charge in [0.15, 0.2) is 0 Å². The number of rotatable bonds is 3. The van der Waals surface area contributed by atoms with Gasteiger partial charge in [0.1, 0.15) is 0 Å². The lowest BCUT2D eigenvalue weighted by Gasteiger charge is -2.25. The van der Waals surface area contributed by atoms with Crippen LogP contribution in [0.1, 0.15) is 20.3 Å². The van der Waals surface area contributed by atoms with Gasteiger partial charge in [-0.2, -0.15) is 0 Å². The molecule has 0 bridgehead atoms. The number of allylic oxidation sites excluding steroid dienone is 1. The number of hydrogen-bond donors (Lipinski definition) is 0. The highest BCUT2D eigenvalue weighted by Gasteiger charge is 2.07. The predicted molar refractivity (Wildman–Crippen MR) is 51.3 cm³/mol. The smallest absolute Gasteiger partial charge is 0.0594 e. The third kappa shape index (κ3) is 3.37. The van der Waals surface area contributed by atoms with Crippen LogP contribution < -0.4 is 0 Å². The van der Waals surface area contributed by atoms with Crippen LogP contribution in [-0.2, 0) is 4.74 Å². The summed E-state index contributed by atoms with van der Waals surface area (Å²) in [6.07, 6.45) is 3.50. The molecule has 0 aromatic heterocycles. The Morgan fingerprint density at radius 3 is 2.67 bits per heavy atom. The van der Waals surface area contributed by atoms with Crippen LogP contribution >= 0.6 is 0 Å². The van der Waals surface area contributed by atoms with Crippen molar-refractivity contribution in [3.8, 4) is 0 Å². The highest BCUT2D eigenvalue weighted by molar-refractivity contribution is 4.98. The van der Waals surface area contributed by atoms with Crippen LogP contribution in [-0.4, -0.2) is 37.7 Å². The Labute approximate surface area is 75.2 Å². The molecule has 0 radical (unpaired) electrons. The van der Waals surface area contributed by atoms with Crippen LogP contribution in [0.15, 0.2) is 11.6 Å². The molecule has 0 aromatic carbocycles. The molecule has 1 saturated heterocycles. The minimum atomic E-state index is 0.902. The molecule has 1 fully saturated rings. The molecule has 0 aromatic rings. The number of morpholine rings is 1. The second-order valence-corrected chi connectivity index (χ2v) is 3.32. The van der Waals surface area contributed by atoms with E-state index in [-0.39, 0.29) is 0 Å². The molecule has 0 aliphatic carbocycles. The molecule has 0 atom stereocenters. The molecule has 0 N–H and O–H groups in total. The SMILES string of the molecule is CCC(C)=CCN1CCOCC1. The van der Waals surface area contributed by atoms with Gasteiger partial charge in [-0.15, -0.1) is 0 Å². The zero-order valence-corrected chi connectivity index (χ0v) is 8.18. The van der Waals surface area contributed by atoms with E-state index in [4.69, 9.17) is 4.74 Å². The third-order valence-corrected chi connectivity index (χ3v) is 2.36. The maximum absolute atomic E-state index is 5.27. The van der Waals surface area contributed by atoms with Crippen molar-refractivity contribution >= 4 is 0 Å². The zero-order chi connectivity index (χ0) is 8.81. The quantitative estimate of drug-likeness (QED) is 0.596. The molecule has 1 heterocycles. The van der Waals surface area contributed by atoms with Gasteiger partial charge in [0.25, 0.3) is 0 Å². The van der Waals surface area contributed by atoms with E-state index in [0.717, 1.165) is 32.8 Å². The van der Waals surface area contributed by atoms with Crippen molar-refractivity contribution in [2.75, 3.05) is 32.8 Å². The molecule has 2 nitrogen and oxygen atoms in total. The summed E-state index contributed by atoms with van der Waals surface area (Å²) in [7, 11) is 0. The third-order valence-electron chi connectivity index (χ3n) is 2.36. The van der Waals surface area contributed by atoms with Gasteiger partial charge in [-0.25, -0.2) is 0 Å². The van der Waals surface area contributed by atoms with Gasteiger partial charge < -0.3 is 4.74 Å². The molecular weight excluding hydrogens is 150 g/mol. The summed E-state index contributed by atoms with van der Waals surface area (Å²) in [6, 6.07) is 0. The van der Waals surface area contributed by atoms with Gasteiger partial charge >= 0.3 is 0 Å². The summed E-state index contributed by atoms with van der Waals surface area (Å²) in [5.74, 6) is 0. The van der Waals surface area contributed by atoms with Crippen molar-refractivity contribution in [3.05, 3.63) is 11.6 Å². The van der Waals surface area contributed by atoms with Gasteiger partial charge in [0, 0.05) is 19.6 Å². The first kappa shape index (κ1) is 9.75. The zero-order valence-electron chi connectivity index (χ0n) is 8.18. The summed E-state index contributed by atoms with van der Waals surface area (Å²) in [5.41, 5.74) is 1.49. The van der Waals surface area contributed by atoms with Crippen LogP contribution in [0.4, 0.5) is 0 Å². The van der Waals surface area contributed by atoms with Crippen LogP contribution in [0, 0.1) is 0 Å². The Kier molecular flexibility index (Phi) is 4.33. The van der Waals surface area contributed by atoms with Crippen molar-refractivity contribution in [3.63, 3.8) is 0 Å². The van der Waals surface area contributed by atoms with Crippen LogP contribution in [0.25, 0.3) is 0 Å². The molecule has 1 rings (SSSR count). The summed E-state index contributed by atoms with van der Waals surface area (Å²) >= 11 is 0. The van der Waals surface area contributed by atoms with Gasteiger partial charge in [-0.05, 0) is 13.3 Å². The first-order valence-electron chi connectivity index (χ1n) is 4.78. The van der Waals surface area contributed by atoms with E-state index in [1.54, 1.807) is 0 Å². The van der Waals surface area contributed by atoms with Gasteiger partial charge in [-0.3, -0.25) is 4.90 Å². The van der Waals surface area contributed by atoms with E-state index in [0.29, 0.717) is 0 Å². The maximum Gasteiger partial charge on any atom is 0.0594 e. The first-order valence-corrected chi connectivity index (χ1v) is 4.78. The van der Waals surface area contributed by atoms with Gasteiger partial charge in [0.2, 0.25) is 0 Å². The summed E-state index contributed by atoms with van der Waals surface area (Å²) in [5, 5.41) is 0. The minimum Gasteiger partial charge on any atom is -0.379 e. The van der Waals surface area contributed by atoms with Crippen molar-refractivity contribution in [2.24, 2.45) is 0 Å². The van der Waals surface area contributed by atoms with E-state index >= 15 is 0 Å². The van der Waals surface area contributed by atoms with Crippen molar-refractivity contribution < 1.29 is 4.74 Å². The monoisotopic (exact) mass is 169 g/mol. The number of nitrogens with zero attached hydrogens (tertiary/aromatic N) is 1. The summed E-state index contributed by atoms with van der Waals surface area (Å²) < 4.78 is 5.27. The summed E-state index contributed by atoms with van der Waals surface area (Å²) in [6.45, 7) is 9.48. The molecule has 1 aliphatic rings. The van der Waals surface area contributed by atoms with Crippen molar-refractivity contribution in [2.45, 2.75) is 20.3 Å².